The second-order valence-electron chi connectivity index (χ2n) is 4.13. The number of hydrogen-bond donors (Lipinski definition) is 0. The van der Waals surface area contributed by atoms with Gasteiger partial charge in [0.2, 0.25) is 0 Å². The summed E-state index contributed by atoms with van der Waals surface area (Å²) in [6, 6.07) is 11.6. The predicted octanol–water partition coefficient (Wildman–Crippen LogP) is 3.19. The SMILES string of the molecule is O=C1c2ccccc2CCC1c1ccco1. The van der Waals surface area contributed by atoms with Crippen LogP contribution in [0.4, 0.5) is 0 Å². The predicted molar refractivity (Wildman–Crippen MR) is 60.5 cm³/mol. The van der Waals surface area contributed by atoms with E-state index in [0.717, 1.165) is 29.7 Å². The number of rotatable bonds is 1. The van der Waals surface area contributed by atoms with Crippen LogP contribution in [0.25, 0.3) is 0 Å². The minimum absolute atomic E-state index is 0.0927. The van der Waals surface area contributed by atoms with Gasteiger partial charge >= 0.3 is 0 Å². The van der Waals surface area contributed by atoms with Crippen LogP contribution in [0.3, 0.4) is 0 Å². The topological polar surface area (TPSA) is 30.2 Å². The van der Waals surface area contributed by atoms with E-state index in [1.54, 1.807) is 6.26 Å². The summed E-state index contributed by atoms with van der Waals surface area (Å²) < 4.78 is 5.34. The molecule has 1 heterocycles. The summed E-state index contributed by atoms with van der Waals surface area (Å²) in [5.74, 6) is 0.890. The van der Waals surface area contributed by atoms with Crippen LogP contribution in [0.2, 0.25) is 0 Å². The molecule has 0 fully saturated rings. The normalized spacial score (nSPS) is 19.5. The second-order valence-corrected chi connectivity index (χ2v) is 4.13. The molecule has 0 aliphatic heterocycles. The molecule has 0 saturated heterocycles. The van der Waals surface area contributed by atoms with Crippen molar-refractivity contribution in [1.29, 1.82) is 0 Å². The van der Waals surface area contributed by atoms with Crippen LogP contribution in [-0.2, 0) is 6.42 Å². The monoisotopic (exact) mass is 212 g/mol. The maximum atomic E-state index is 12.3. The number of aryl methyl sites for hydroxylation is 1. The van der Waals surface area contributed by atoms with Crippen molar-refractivity contribution in [2.45, 2.75) is 18.8 Å². The zero-order valence-corrected chi connectivity index (χ0v) is 8.85. The molecule has 0 saturated carbocycles. The van der Waals surface area contributed by atoms with Gasteiger partial charge in [-0.15, -0.1) is 0 Å². The van der Waals surface area contributed by atoms with Crippen LogP contribution in [0.5, 0.6) is 0 Å². The highest BCUT2D eigenvalue weighted by atomic mass is 16.3. The van der Waals surface area contributed by atoms with E-state index in [1.807, 2.05) is 36.4 Å². The molecule has 0 radical (unpaired) electrons. The zero-order valence-electron chi connectivity index (χ0n) is 8.85. The lowest BCUT2D eigenvalue weighted by Crippen LogP contribution is -2.20. The number of fused-ring (bicyclic) bond motifs is 1. The Morgan fingerprint density at radius 1 is 1.12 bits per heavy atom. The summed E-state index contributed by atoms with van der Waals surface area (Å²) in [5, 5.41) is 0. The van der Waals surface area contributed by atoms with E-state index in [9.17, 15) is 4.79 Å². The molecule has 1 aromatic carbocycles. The molecular weight excluding hydrogens is 200 g/mol. The summed E-state index contributed by atoms with van der Waals surface area (Å²) in [4.78, 5) is 12.3. The van der Waals surface area contributed by atoms with E-state index < -0.39 is 0 Å². The molecule has 1 aliphatic carbocycles. The van der Waals surface area contributed by atoms with Crippen LogP contribution in [0.15, 0.2) is 47.1 Å². The van der Waals surface area contributed by atoms with E-state index >= 15 is 0 Å². The number of carbonyl (C=O) groups is 1. The van der Waals surface area contributed by atoms with Gasteiger partial charge in [0.05, 0.1) is 12.2 Å². The molecule has 0 bridgehead atoms. The maximum absolute atomic E-state index is 12.3. The summed E-state index contributed by atoms with van der Waals surface area (Å²) in [7, 11) is 0. The highest BCUT2D eigenvalue weighted by Crippen LogP contribution is 2.32. The molecule has 0 N–H and O–H groups in total. The van der Waals surface area contributed by atoms with Crippen LogP contribution in [0, 0.1) is 0 Å². The molecule has 2 heteroatoms. The van der Waals surface area contributed by atoms with Gasteiger partial charge < -0.3 is 4.42 Å². The first-order chi connectivity index (χ1) is 7.86. The molecule has 1 unspecified atom stereocenters. The van der Waals surface area contributed by atoms with Gasteiger partial charge in [0.15, 0.2) is 5.78 Å². The number of furan rings is 1. The Kier molecular flexibility index (Phi) is 2.13. The van der Waals surface area contributed by atoms with Gasteiger partial charge in [-0.25, -0.2) is 0 Å². The van der Waals surface area contributed by atoms with Gasteiger partial charge in [-0.1, -0.05) is 24.3 Å². The Hall–Kier alpha value is -1.83. The molecular formula is C14H12O2. The Morgan fingerprint density at radius 3 is 2.81 bits per heavy atom. The van der Waals surface area contributed by atoms with Gasteiger partial charge in [-0.3, -0.25) is 4.79 Å². The first-order valence-corrected chi connectivity index (χ1v) is 5.52. The lowest BCUT2D eigenvalue weighted by atomic mass is 9.81. The average Bonchev–Trinajstić information content (AvgIpc) is 2.83. The Morgan fingerprint density at radius 2 is 2.00 bits per heavy atom. The first-order valence-electron chi connectivity index (χ1n) is 5.52. The highest BCUT2D eigenvalue weighted by Gasteiger charge is 2.29. The van der Waals surface area contributed by atoms with Crippen LogP contribution >= 0.6 is 0 Å². The quantitative estimate of drug-likeness (QED) is 0.726. The Bertz CT molecular complexity index is 511. The lowest BCUT2D eigenvalue weighted by Gasteiger charge is -2.21. The van der Waals surface area contributed by atoms with Crippen molar-refractivity contribution in [3.05, 3.63) is 59.5 Å². The first kappa shape index (κ1) is 9.40. The minimum Gasteiger partial charge on any atom is -0.469 e. The third-order valence-corrected chi connectivity index (χ3v) is 3.19. The number of hydrogen-bond acceptors (Lipinski definition) is 2. The van der Waals surface area contributed by atoms with Crippen LogP contribution < -0.4 is 0 Å². The summed E-state index contributed by atoms with van der Waals surface area (Å²) >= 11 is 0. The number of Topliss-reactive ketones (excluding diaryl/α,β-unsaturated/α-hetero) is 1. The molecule has 1 aliphatic rings. The average molecular weight is 212 g/mol. The molecule has 0 spiro atoms. The molecule has 0 amide bonds. The summed E-state index contributed by atoms with van der Waals surface area (Å²) in [6.45, 7) is 0. The van der Waals surface area contributed by atoms with E-state index in [2.05, 4.69) is 0 Å². The number of ketones is 1. The van der Waals surface area contributed by atoms with E-state index in [0.29, 0.717) is 0 Å². The van der Waals surface area contributed by atoms with Gasteiger partial charge in [0.25, 0.3) is 0 Å². The summed E-state index contributed by atoms with van der Waals surface area (Å²) in [6.07, 6.45) is 3.43. The third-order valence-electron chi connectivity index (χ3n) is 3.19. The van der Waals surface area contributed by atoms with Crippen molar-refractivity contribution in [3.63, 3.8) is 0 Å². The molecule has 3 rings (SSSR count). The molecule has 1 atom stereocenters. The fraction of sp³-hybridized carbons (Fsp3) is 0.214. The molecule has 2 aromatic rings. The van der Waals surface area contributed by atoms with Gasteiger partial charge in [-0.05, 0) is 30.5 Å². The highest BCUT2D eigenvalue weighted by molar-refractivity contribution is 6.02. The number of carbonyl (C=O) groups excluding carboxylic acids is 1. The maximum Gasteiger partial charge on any atom is 0.173 e. The van der Waals surface area contributed by atoms with Crippen molar-refractivity contribution in [1.82, 2.24) is 0 Å². The third kappa shape index (κ3) is 1.38. The van der Waals surface area contributed by atoms with Crippen LogP contribution in [-0.4, -0.2) is 5.78 Å². The van der Waals surface area contributed by atoms with Crippen molar-refractivity contribution in [2.24, 2.45) is 0 Å². The van der Waals surface area contributed by atoms with Crippen molar-refractivity contribution < 1.29 is 9.21 Å². The van der Waals surface area contributed by atoms with Crippen molar-refractivity contribution in [2.75, 3.05) is 0 Å². The lowest BCUT2D eigenvalue weighted by molar-refractivity contribution is 0.0935. The van der Waals surface area contributed by atoms with Gasteiger partial charge in [-0.2, -0.15) is 0 Å². The van der Waals surface area contributed by atoms with Crippen molar-refractivity contribution >= 4 is 5.78 Å². The van der Waals surface area contributed by atoms with E-state index in [1.165, 1.54) is 0 Å². The van der Waals surface area contributed by atoms with Gasteiger partial charge in [0, 0.05) is 5.56 Å². The van der Waals surface area contributed by atoms with E-state index in [-0.39, 0.29) is 11.7 Å². The van der Waals surface area contributed by atoms with Crippen LogP contribution in [0.1, 0.15) is 34.0 Å². The van der Waals surface area contributed by atoms with E-state index in [4.69, 9.17) is 4.42 Å². The summed E-state index contributed by atoms with van der Waals surface area (Å²) in [5.41, 5.74) is 2.02. The fourth-order valence-electron chi connectivity index (χ4n) is 2.36. The van der Waals surface area contributed by atoms with Crippen molar-refractivity contribution in [3.8, 4) is 0 Å². The molecule has 1 aromatic heterocycles. The Balaban J connectivity index is 2.01. The molecule has 80 valence electrons. The standard InChI is InChI=1S/C14H12O2/c15-14-11-5-2-1-4-10(11)7-8-12(14)13-6-3-9-16-13/h1-6,9,12H,7-8H2. The zero-order chi connectivity index (χ0) is 11.0. The number of benzene rings is 1. The minimum atomic E-state index is -0.0927. The fourth-order valence-corrected chi connectivity index (χ4v) is 2.36. The molecule has 16 heavy (non-hydrogen) atoms. The van der Waals surface area contributed by atoms with Gasteiger partial charge in [0.1, 0.15) is 5.76 Å². The largest absolute Gasteiger partial charge is 0.469 e. The Labute approximate surface area is 93.9 Å². The molecule has 2 nitrogen and oxygen atoms in total. The second kappa shape index (κ2) is 3.63. The smallest absolute Gasteiger partial charge is 0.173 e.